The molecule has 1 amide bonds. The number of nitriles is 1. The highest BCUT2D eigenvalue weighted by Gasteiger charge is 2.24. The number of rotatable bonds is 4. The van der Waals surface area contributed by atoms with Crippen molar-refractivity contribution in [3.63, 3.8) is 0 Å². The van der Waals surface area contributed by atoms with Crippen molar-refractivity contribution >= 4 is 11.7 Å². The highest BCUT2D eigenvalue weighted by atomic mass is 16.1. The standard InChI is InChI=1S/C15H17N3O2/c16-9-11-1-3-12(4-2-11)14(19)10-18-7-5-13(6-8-18)15(17)20/h1-4,13H,5-8,10H2,(H2,17,20). The lowest BCUT2D eigenvalue weighted by Gasteiger charge is -2.29. The van der Waals surface area contributed by atoms with Gasteiger partial charge in [0.2, 0.25) is 5.91 Å². The summed E-state index contributed by atoms with van der Waals surface area (Å²) in [5.41, 5.74) is 6.44. The fourth-order valence-corrected chi connectivity index (χ4v) is 2.40. The van der Waals surface area contributed by atoms with Crippen LogP contribution in [0.15, 0.2) is 24.3 Å². The summed E-state index contributed by atoms with van der Waals surface area (Å²) in [6.07, 6.45) is 1.44. The number of nitrogens with two attached hydrogens (primary N) is 1. The molecule has 104 valence electrons. The maximum absolute atomic E-state index is 12.1. The number of Topliss-reactive ketones (excluding diaryl/α,β-unsaturated/α-hetero) is 1. The molecule has 0 radical (unpaired) electrons. The topological polar surface area (TPSA) is 87.2 Å². The Morgan fingerprint density at radius 2 is 1.85 bits per heavy atom. The zero-order valence-corrected chi connectivity index (χ0v) is 11.2. The molecule has 20 heavy (non-hydrogen) atoms. The number of ketones is 1. The van der Waals surface area contributed by atoms with Crippen molar-refractivity contribution in [1.82, 2.24) is 4.90 Å². The summed E-state index contributed by atoms with van der Waals surface area (Å²) < 4.78 is 0. The molecule has 0 saturated carbocycles. The molecule has 0 aliphatic carbocycles. The van der Waals surface area contributed by atoms with E-state index in [1.807, 2.05) is 11.0 Å². The van der Waals surface area contributed by atoms with E-state index in [1.165, 1.54) is 0 Å². The minimum atomic E-state index is -0.247. The average molecular weight is 271 g/mol. The Labute approximate surface area is 118 Å². The van der Waals surface area contributed by atoms with Gasteiger partial charge in [0.05, 0.1) is 18.2 Å². The van der Waals surface area contributed by atoms with Gasteiger partial charge in [-0.25, -0.2) is 0 Å². The molecular weight excluding hydrogens is 254 g/mol. The third-order valence-electron chi connectivity index (χ3n) is 3.69. The van der Waals surface area contributed by atoms with Gasteiger partial charge in [-0.2, -0.15) is 5.26 Å². The van der Waals surface area contributed by atoms with Gasteiger partial charge in [0.25, 0.3) is 0 Å². The number of carbonyl (C=O) groups is 2. The van der Waals surface area contributed by atoms with E-state index in [0.29, 0.717) is 17.7 Å². The first-order chi connectivity index (χ1) is 9.60. The van der Waals surface area contributed by atoms with Gasteiger partial charge in [-0.3, -0.25) is 14.5 Å². The zero-order chi connectivity index (χ0) is 14.5. The van der Waals surface area contributed by atoms with E-state index in [0.717, 1.165) is 25.9 Å². The highest BCUT2D eigenvalue weighted by Crippen LogP contribution is 2.17. The Morgan fingerprint density at radius 1 is 1.25 bits per heavy atom. The molecule has 1 fully saturated rings. The van der Waals surface area contributed by atoms with Crippen LogP contribution in [-0.4, -0.2) is 36.2 Å². The molecule has 1 aromatic rings. The first kappa shape index (κ1) is 14.2. The molecule has 1 saturated heterocycles. The normalized spacial score (nSPS) is 16.6. The predicted octanol–water partition coefficient (Wildman–Crippen LogP) is 0.938. The molecule has 2 N–H and O–H groups in total. The summed E-state index contributed by atoms with van der Waals surface area (Å²) in [6.45, 7) is 1.78. The third kappa shape index (κ3) is 3.43. The Balaban J connectivity index is 1.89. The van der Waals surface area contributed by atoms with Crippen molar-refractivity contribution in [2.24, 2.45) is 11.7 Å². The van der Waals surface area contributed by atoms with Crippen molar-refractivity contribution in [2.45, 2.75) is 12.8 Å². The van der Waals surface area contributed by atoms with Gasteiger partial charge in [0.1, 0.15) is 0 Å². The zero-order valence-electron chi connectivity index (χ0n) is 11.2. The van der Waals surface area contributed by atoms with E-state index in [-0.39, 0.29) is 17.6 Å². The number of likely N-dealkylation sites (tertiary alicyclic amines) is 1. The van der Waals surface area contributed by atoms with Crippen molar-refractivity contribution in [2.75, 3.05) is 19.6 Å². The number of amides is 1. The quantitative estimate of drug-likeness (QED) is 0.825. The molecule has 5 heteroatoms. The van der Waals surface area contributed by atoms with E-state index in [9.17, 15) is 9.59 Å². The Hall–Kier alpha value is -2.19. The molecule has 1 aliphatic rings. The van der Waals surface area contributed by atoms with Gasteiger partial charge < -0.3 is 5.73 Å². The fourth-order valence-electron chi connectivity index (χ4n) is 2.40. The van der Waals surface area contributed by atoms with E-state index in [1.54, 1.807) is 24.3 Å². The number of primary amides is 1. The van der Waals surface area contributed by atoms with Crippen LogP contribution in [0.25, 0.3) is 0 Å². The summed E-state index contributed by atoms with van der Waals surface area (Å²) in [7, 11) is 0. The van der Waals surface area contributed by atoms with Gasteiger partial charge in [-0.05, 0) is 38.1 Å². The SMILES string of the molecule is N#Cc1ccc(C(=O)CN2CCC(C(N)=O)CC2)cc1. The lowest BCUT2D eigenvalue weighted by Crippen LogP contribution is -2.40. The maximum atomic E-state index is 12.1. The summed E-state index contributed by atoms with van der Waals surface area (Å²) in [5, 5.41) is 8.72. The van der Waals surface area contributed by atoms with Crippen LogP contribution in [0.3, 0.4) is 0 Å². The summed E-state index contributed by atoms with van der Waals surface area (Å²) in [6, 6.07) is 8.67. The van der Waals surface area contributed by atoms with Crippen LogP contribution in [0, 0.1) is 17.2 Å². The van der Waals surface area contributed by atoms with Gasteiger partial charge in [-0.15, -0.1) is 0 Å². The molecule has 0 atom stereocenters. The molecule has 1 aliphatic heterocycles. The van der Waals surface area contributed by atoms with Crippen molar-refractivity contribution in [3.05, 3.63) is 35.4 Å². The van der Waals surface area contributed by atoms with Crippen molar-refractivity contribution in [1.29, 1.82) is 5.26 Å². The lowest BCUT2D eigenvalue weighted by atomic mass is 9.96. The van der Waals surface area contributed by atoms with E-state index >= 15 is 0 Å². The van der Waals surface area contributed by atoms with Crippen molar-refractivity contribution in [3.8, 4) is 6.07 Å². The number of nitrogens with zero attached hydrogens (tertiary/aromatic N) is 2. The largest absolute Gasteiger partial charge is 0.369 e. The predicted molar refractivity (Wildman–Crippen MR) is 73.8 cm³/mol. The molecule has 0 unspecified atom stereocenters. The molecule has 2 rings (SSSR count). The second-order valence-corrected chi connectivity index (χ2v) is 5.07. The lowest BCUT2D eigenvalue weighted by molar-refractivity contribution is -0.123. The van der Waals surface area contributed by atoms with E-state index in [4.69, 9.17) is 11.0 Å². The smallest absolute Gasteiger partial charge is 0.220 e. The fraction of sp³-hybridized carbons (Fsp3) is 0.400. The van der Waals surface area contributed by atoms with Gasteiger partial charge in [-0.1, -0.05) is 12.1 Å². The molecule has 5 nitrogen and oxygen atoms in total. The van der Waals surface area contributed by atoms with Gasteiger partial charge >= 0.3 is 0 Å². The van der Waals surface area contributed by atoms with Crippen LogP contribution in [-0.2, 0) is 4.79 Å². The third-order valence-corrected chi connectivity index (χ3v) is 3.69. The van der Waals surface area contributed by atoms with Crippen molar-refractivity contribution < 1.29 is 9.59 Å². The monoisotopic (exact) mass is 271 g/mol. The van der Waals surface area contributed by atoms with Crippen LogP contribution in [0.5, 0.6) is 0 Å². The van der Waals surface area contributed by atoms with E-state index < -0.39 is 0 Å². The van der Waals surface area contributed by atoms with E-state index in [2.05, 4.69) is 0 Å². The molecule has 0 aromatic heterocycles. The van der Waals surface area contributed by atoms with Crippen LogP contribution in [0.4, 0.5) is 0 Å². The Bertz CT molecular complexity index is 537. The van der Waals surface area contributed by atoms with Gasteiger partial charge in [0.15, 0.2) is 5.78 Å². The first-order valence-electron chi connectivity index (χ1n) is 6.65. The van der Waals surface area contributed by atoms with Crippen LogP contribution < -0.4 is 5.73 Å². The number of hydrogen-bond donors (Lipinski definition) is 1. The summed E-state index contributed by atoms with van der Waals surface area (Å²) in [5.74, 6) is -0.272. The number of piperidine rings is 1. The molecule has 0 bridgehead atoms. The second-order valence-electron chi connectivity index (χ2n) is 5.07. The molecule has 1 heterocycles. The summed E-state index contributed by atoms with van der Waals surface area (Å²) in [4.78, 5) is 25.2. The summed E-state index contributed by atoms with van der Waals surface area (Å²) >= 11 is 0. The van der Waals surface area contributed by atoms with Crippen LogP contribution >= 0.6 is 0 Å². The van der Waals surface area contributed by atoms with Gasteiger partial charge in [0, 0.05) is 11.5 Å². The Morgan fingerprint density at radius 3 is 2.35 bits per heavy atom. The molecular formula is C15H17N3O2. The Kier molecular flexibility index (Phi) is 4.49. The molecule has 0 spiro atoms. The molecule has 1 aromatic carbocycles. The van der Waals surface area contributed by atoms with Crippen LogP contribution in [0.1, 0.15) is 28.8 Å². The minimum absolute atomic E-state index is 0.0343. The highest BCUT2D eigenvalue weighted by molar-refractivity contribution is 5.97. The maximum Gasteiger partial charge on any atom is 0.220 e. The first-order valence-corrected chi connectivity index (χ1v) is 6.65. The minimum Gasteiger partial charge on any atom is -0.369 e. The second kappa shape index (κ2) is 6.31. The number of carbonyl (C=O) groups excluding carboxylic acids is 2. The number of hydrogen-bond acceptors (Lipinski definition) is 4. The number of benzene rings is 1. The van der Waals surface area contributed by atoms with Crippen LogP contribution in [0.2, 0.25) is 0 Å². The average Bonchev–Trinajstić information content (AvgIpc) is 2.48.